The summed E-state index contributed by atoms with van der Waals surface area (Å²) < 4.78 is 18.0. The summed E-state index contributed by atoms with van der Waals surface area (Å²) in [6.07, 6.45) is 1.22. The van der Waals surface area contributed by atoms with E-state index in [2.05, 4.69) is 30.7 Å². The third-order valence-corrected chi connectivity index (χ3v) is 3.66. The molecule has 0 radical (unpaired) electrons. The highest BCUT2D eigenvalue weighted by molar-refractivity contribution is 6.00. The molecule has 0 aliphatic heterocycles. The highest BCUT2D eigenvalue weighted by Gasteiger charge is 2.29. The Bertz CT molecular complexity index is 718. The van der Waals surface area contributed by atoms with Gasteiger partial charge in [0.05, 0.1) is 6.04 Å². The van der Waals surface area contributed by atoms with Crippen LogP contribution in [0.25, 0.3) is 0 Å². The van der Waals surface area contributed by atoms with Crippen molar-refractivity contribution in [1.82, 2.24) is 15.6 Å². The zero-order chi connectivity index (χ0) is 16.2. The summed E-state index contributed by atoms with van der Waals surface area (Å²) in [5, 5.41) is 34.6. The van der Waals surface area contributed by atoms with Crippen LogP contribution in [0.5, 0.6) is 0 Å². The summed E-state index contributed by atoms with van der Waals surface area (Å²) in [6.45, 7) is 0.505. The number of aliphatic hydroxyl groups excluding tert-OH is 1. The van der Waals surface area contributed by atoms with Crippen LogP contribution >= 0.6 is 0 Å². The first-order chi connectivity index (χ1) is 11.2. The summed E-state index contributed by atoms with van der Waals surface area (Å²) in [7, 11) is 0. The van der Waals surface area contributed by atoms with Gasteiger partial charge in [-0.25, -0.2) is 9.02 Å². The topological polar surface area (TPSA) is 116 Å². The monoisotopic (exact) mass is 321 g/mol. The van der Waals surface area contributed by atoms with Gasteiger partial charge < -0.3 is 20.9 Å². The number of hydrogen-bond acceptors (Lipinski definition) is 7. The van der Waals surface area contributed by atoms with Crippen LogP contribution < -0.4 is 10.6 Å². The van der Waals surface area contributed by atoms with Crippen molar-refractivity contribution >= 4 is 11.7 Å². The molecule has 8 nitrogen and oxygen atoms in total. The molecule has 0 spiro atoms. The minimum Gasteiger partial charge on any atom is -0.409 e. The molecular formula is C14H16FN5O3. The number of nitrogens with one attached hydrogen (secondary N) is 2. The van der Waals surface area contributed by atoms with E-state index in [0.717, 1.165) is 11.1 Å². The third kappa shape index (κ3) is 3.09. The first-order valence-electron chi connectivity index (χ1n) is 7.17. The van der Waals surface area contributed by atoms with E-state index in [0.29, 0.717) is 25.2 Å². The number of aromatic nitrogens is 2. The van der Waals surface area contributed by atoms with E-state index in [9.17, 15) is 9.60 Å². The van der Waals surface area contributed by atoms with Crippen LogP contribution in [0.2, 0.25) is 0 Å². The second kappa shape index (κ2) is 6.61. The molecule has 0 bridgehead atoms. The average molecular weight is 321 g/mol. The first-order valence-corrected chi connectivity index (χ1v) is 7.17. The molecule has 122 valence electrons. The van der Waals surface area contributed by atoms with Gasteiger partial charge in [-0.05, 0) is 46.4 Å². The lowest BCUT2D eigenvalue weighted by molar-refractivity contribution is 0.292. The lowest BCUT2D eigenvalue weighted by Gasteiger charge is -2.31. The zero-order valence-electron chi connectivity index (χ0n) is 12.2. The maximum absolute atomic E-state index is 13.3. The molecular weight excluding hydrogens is 305 g/mol. The van der Waals surface area contributed by atoms with Gasteiger partial charge in [-0.15, -0.1) is 0 Å². The average Bonchev–Trinajstić information content (AvgIpc) is 2.99. The highest BCUT2D eigenvalue weighted by Crippen LogP contribution is 2.33. The quantitative estimate of drug-likeness (QED) is 0.206. The van der Waals surface area contributed by atoms with Crippen LogP contribution in [0.1, 0.15) is 29.3 Å². The molecule has 9 heteroatoms. The molecule has 0 saturated heterocycles. The maximum atomic E-state index is 13.3. The van der Waals surface area contributed by atoms with Crippen LogP contribution in [0.4, 0.5) is 10.2 Å². The van der Waals surface area contributed by atoms with Gasteiger partial charge in [0.15, 0.2) is 11.5 Å². The SMILES string of the molecule is OCCCNc1nonc1/C(=N/O)NC1Cc2ccc(F)cc21. The Balaban J connectivity index is 1.71. The number of amidine groups is 1. The molecule has 1 aliphatic carbocycles. The van der Waals surface area contributed by atoms with Crippen LogP contribution in [0, 0.1) is 5.82 Å². The minimum absolute atomic E-state index is 0.0389. The molecule has 1 aromatic carbocycles. The Morgan fingerprint density at radius 2 is 2.30 bits per heavy atom. The summed E-state index contributed by atoms with van der Waals surface area (Å²) >= 11 is 0. The van der Waals surface area contributed by atoms with Crippen molar-refractivity contribution in [1.29, 1.82) is 0 Å². The van der Waals surface area contributed by atoms with E-state index in [1.54, 1.807) is 6.07 Å². The number of rotatable bonds is 6. The Kier molecular flexibility index (Phi) is 4.38. The molecule has 4 N–H and O–H groups in total. The largest absolute Gasteiger partial charge is 0.409 e. The van der Waals surface area contributed by atoms with E-state index in [4.69, 9.17) is 5.11 Å². The molecule has 3 rings (SSSR count). The van der Waals surface area contributed by atoms with Crippen LogP contribution in [0.15, 0.2) is 28.0 Å². The highest BCUT2D eigenvalue weighted by atomic mass is 19.1. The number of nitrogens with zero attached hydrogens (tertiary/aromatic N) is 3. The minimum atomic E-state index is -0.313. The van der Waals surface area contributed by atoms with Gasteiger partial charge in [-0.2, -0.15) is 0 Å². The summed E-state index contributed by atoms with van der Waals surface area (Å²) in [6, 6.07) is 4.43. The van der Waals surface area contributed by atoms with Crippen LogP contribution in [-0.2, 0) is 6.42 Å². The lowest BCUT2D eigenvalue weighted by Crippen LogP contribution is -2.37. The molecule has 0 fully saturated rings. The van der Waals surface area contributed by atoms with Gasteiger partial charge in [-0.1, -0.05) is 11.2 Å². The fraction of sp³-hybridized carbons (Fsp3) is 0.357. The normalized spacial score (nSPS) is 16.6. The van der Waals surface area contributed by atoms with Gasteiger partial charge in [0.2, 0.25) is 5.82 Å². The second-order valence-electron chi connectivity index (χ2n) is 5.16. The Morgan fingerprint density at radius 3 is 3.09 bits per heavy atom. The van der Waals surface area contributed by atoms with E-state index < -0.39 is 0 Å². The standard InChI is InChI=1S/C14H16FN5O3/c15-9-3-2-8-6-11(10(8)7-9)17-14(18-22)12-13(20-23-19-12)16-4-1-5-21/h2-3,7,11,21-22H,1,4-6H2,(H,16,20)(H,17,18). The van der Waals surface area contributed by atoms with Crippen molar-refractivity contribution in [3.05, 3.63) is 40.8 Å². The summed E-state index contributed by atoms with van der Waals surface area (Å²) in [4.78, 5) is 0. The molecule has 1 aromatic heterocycles. The third-order valence-electron chi connectivity index (χ3n) is 3.66. The van der Waals surface area contributed by atoms with E-state index in [-0.39, 0.29) is 30.0 Å². The zero-order valence-corrected chi connectivity index (χ0v) is 12.2. The Hall–Kier alpha value is -2.68. The van der Waals surface area contributed by atoms with E-state index >= 15 is 0 Å². The van der Waals surface area contributed by atoms with Crippen molar-refractivity contribution in [2.75, 3.05) is 18.5 Å². The van der Waals surface area contributed by atoms with E-state index in [1.807, 2.05) is 0 Å². The number of aliphatic hydroxyl groups is 1. The number of fused-ring (bicyclic) bond motifs is 1. The Labute approximate surface area is 131 Å². The first kappa shape index (κ1) is 15.2. The van der Waals surface area contributed by atoms with Crippen molar-refractivity contribution in [2.45, 2.75) is 18.9 Å². The number of anilines is 1. The fourth-order valence-electron chi connectivity index (χ4n) is 2.46. The second-order valence-corrected chi connectivity index (χ2v) is 5.16. The smallest absolute Gasteiger partial charge is 0.202 e. The van der Waals surface area contributed by atoms with Gasteiger partial charge in [0.25, 0.3) is 0 Å². The number of benzene rings is 1. The molecule has 2 aromatic rings. The Morgan fingerprint density at radius 1 is 1.43 bits per heavy atom. The van der Waals surface area contributed by atoms with E-state index in [1.165, 1.54) is 12.1 Å². The lowest BCUT2D eigenvalue weighted by atomic mass is 9.83. The van der Waals surface area contributed by atoms with Crippen LogP contribution in [-0.4, -0.2) is 39.6 Å². The molecule has 1 heterocycles. The molecule has 1 atom stereocenters. The van der Waals surface area contributed by atoms with Crippen molar-refractivity contribution < 1.29 is 19.3 Å². The number of oxime groups is 1. The van der Waals surface area contributed by atoms with Crippen molar-refractivity contribution in [2.24, 2.45) is 5.16 Å². The van der Waals surface area contributed by atoms with Gasteiger partial charge in [-0.3, -0.25) is 0 Å². The van der Waals surface area contributed by atoms with Gasteiger partial charge in [0, 0.05) is 13.2 Å². The summed E-state index contributed by atoms with van der Waals surface area (Å²) in [5.74, 6) is 0.0717. The molecule has 1 unspecified atom stereocenters. The molecule has 0 saturated carbocycles. The van der Waals surface area contributed by atoms with Crippen molar-refractivity contribution in [3.63, 3.8) is 0 Å². The van der Waals surface area contributed by atoms with Crippen molar-refractivity contribution in [3.8, 4) is 0 Å². The predicted molar refractivity (Wildman–Crippen MR) is 78.8 cm³/mol. The maximum Gasteiger partial charge on any atom is 0.202 e. The van der Waals surface area contributed by atoms with Gasteiger partial charge in [0.1, 0.15) is 5.82 Å². The fourth-order valence-corrected chi connectivity index (χ4v) is 2.46. The molecule has 1 aliphatic rings. The molecule has 0 amide bonds. The predicted octanol–water partition coefficient (Wildman–Crippen LogP) is 1.03. The number of halogens is 1. The summed E-state index contributed by atoms with van der Waals surface area (Å²) in [5.41, 5.74) is 2.08. The van der Waals surface area contributed by atoms with Crippen LogP contribution in [0.3, 0.4) is 0 Å². The van der Waals surface area contributed by atoms with Gasteiger partial charge >= 0.3 is 0 Å². The number of hydrogen-bond donors (Lipinski definition) is 4. The molecule has 23 heavy (non-hydrogen) atoms.